The molecule has 6 nitrogen and oxygen atoms in total. The molecule has 1 saturated carbocycles. The Labute approximate surface area is 121 Å². The summed E-state index contributed by atoms with van der Waals surface area (Å²) in [5.74, 6) is 0. The smallest absolute Gasteiger partial charge is 0.260 e. The van der Waals surface area contributed by atoms with E-state index in [1.54, 1.807) is 0 Å². The Bertz CT molecular complexity index is 540. The van der Waals surface area contributed by atoms with Crippen LogP contribution in [0.5, 0.6) is 0 Å². The van der Waals surface area contributed by atoms with E-state index < -0.39 is 49.9 Å². The molecule has 0 aromatic carbocycles. The maximum Gasteiger partial charge on any atom is 0.523 e. The molecule has 2 atom stereocenters. The largest absolute Gasteiger partial charge is 0.523 e. The molecule has 0 heterocycles. The van der Waals surface area contributed by atoms with Crippen LogP contribution in [0.4, 0.5) is 26.3 Å². The van der Waals surface area contributed by atoms with E-state index in [1.807, 2.05) is 0 Å². The van der Waals surface area contributed by atoms with Crippen LogP contribution in [0, 0.1) is 0 Å². The maximum absolute atomic E-state index is 12.1. The predicted octanol–water partition coefficient (Wildman–Crippen LogP) is 2.03. The van der Waals surface area contributed by atoms with Gasteiger partial charge in [-0.3, -0.25) is 8.37 Å². The highest BCUT2D eigenvalue weighted by Crippen LogP contribution is 2.33. The predicted molar refractivity (Wildman–Crippen MR) is 58.2 cm³/mol. The Morgan fingerprint density at radius 2 is 1.05 bits per heavy atom. The zero-order valence-electron chi connectivity index (χ0n) is 10.5. The van der Waals surface area contributed by atoms with Crippen molar-refractivity contribution in [1.29, 1.82) is 0 Å². The second-order valence-electron chi connectivity index (χ2n) is 4.40. The van der Waals surface area contributed by atoms with Crippen LogP contribution >= 0.6 is 0 Å². The first-order chi connectivity index (χ1) is 9.66. The summed E-state index contributed by atoms with van der Waals surface area (Å²) >= 11 is 0. The lowest BCUT2D eigenvalue weighted by atomic mass is 9.95. The van der Waals surface area contributed by atoms with Crippen molar-refractivity contribution in [1.82, 2.24) is 0 Å². The van der Waals surface area contributed by atoms with Crippen molar-refractivity contribution in [3.05, 3.63) is 0 Å². The van der Waals surface area contributed by atoms with Gasteiger partial charge in [0, 0.05) is 6.42 Å². The molecule has 0 N–H and O–H groups in total. The molecule has 0 spiro atoms. The third kappa shape index (κ3) is 4.70. The second-order valence-corrected chi connectivity index (χ2v) is 7.53. The minimum atomic E-state index is -5.92. The Morgan fingerprint density at radius 1 is 0.727 bits per heavy atom. The second kappa shape index (κ2) is 6.13. The standard InChI is InChI=1S/C8H10F6O6S2/c9-7(10,11)21(15,16)19-5-2-1-3-6(4-5)20-22(17,18)8(12,13)14/h5-6H,1-4H2. The van der Waals surface area contributed by atoms with Crippen LogP contribution in [-0.4, -0.2) is 40.1 Å². The van der Waals surface area contributed by atoms with Gasteiger partial charge >= 0.3 is 31.3 Å². The van der Waals surface area contributed by atoms with Gasteiger partial charge in [0.2, 0.25) is 0 Å². The van der Waals surface area contributed by atoms with E-state index in [9.17, 15) is 43.2 Å². The Morgan fingerprint density at radius 3 is 1.32 bits per heavy atom. The summed E-state index contributed by atoms with van der Waals surface area (Å²) in [4.78, 5) is 0. The monoisotopic (exact) mass is 380 g/mol. The summed E-state index contributed by atoms with van der Waals surface area (Å²) in [6.07, 6.45) is -4.41. The SMILES string of the molecule is O=S(=O)(OC1CCCC(OS(=O)(=O)C(F)(F)F)C1)C(F)(F)F. The first kappa shape index (κ1) is 19.4. The minimum absolute atomic E-state index is 0.0594. The quantitative estimate of drug-likeness (QED) is 0.421. The highest BCUT2D eigenvalue weighted by Gasteiger charge is 2.51. The van der Waals surface area contributed by atoms with Gasteiger partial charge in [-0.05, 0) is 19.3 Å². The molecule has 2 unspecified atom stereocenters. The average molecular weight is 380 g/mol. The van der Waals surface area contributed by atoms with Gasteiger partial charge in [-0.2, -0.15) is 43.2 Å². The van der Waals surface area contributed by atoms with E-state index in [2.05, 4.69) is 8.37 Å². The van der Waals surface area contributed by atoms with Gasteiger partial charge in [0.1, 0.15) is 0 Å². The summed E-state index contributed by atoms with van der Waals surface area (Å²) in [5.41, 5.74) is -11.4. The first-order valence-electron chi connectivity index (χ1n) is 5.65. The van der Waals surface area contributed by atoms with E-state index in [4.69, 9.17) is 0 Å². The van der Waals surface area contributed by atoms with E-state index in [1.165, 1.54) is 0 Å². The molecule has 1 aliphatic carbocycles. The van der Waals surface area contributed by atoms with Gasteiger partial charge in [0.25, 0.3) is 0 Å². The zero-order valence-corrected chi connectivity index (χ0v) is 12.1. The topological polar surface area (TPSA) is 86.7 Å². The summed E-state index contributed by atoms with van der Waals surface area (Å²) < 4.78 is 124. The van der Waals surface area contributed by atoms with Crippen molar-refractivity contribution < 1.29 is 51.5 Å². The average Bonchev–Trinajstić information content (AvgIpc) is 2.24. The minimum Gasteiger partial charge on any atom is -0.260 e. The summed E-state index contributed by atoms with van der Waals surface area (Å²) in [7, 11) is -11.8. The molecule has 0 aromatic heterocycles. The van der Waals surface area contributed by atoms with Gasteiger partial charge in [-0.1, -0.05) is 0 Å². The van der Waals surface area contributed by atoms with E-state index >= 15 is 0 Å². The molecular weight excluding hydrogens is 370 g/mol. The Hall–Kier alpha value is -0.600. The number of hydrogen-bond acceptors (Lipinski definition) is 6. The van der Waals surface area contributed by atoms with Crippen LogP contribution < -0.4 is 0 Å². The third-order valence-corrected chi connectivity index (χ3v) is 4.86. The molecule has 22 heavy (non-hydrogen) atoms. The fraction of sp³-hybridized carbons (Fsp3) is 1.00. The van der Waals surface area contributed by atoms with Crippen LogP contribution in [0.2, 0.25) is 0 Å². The van der Waals surface area contributed by atoms with Crippen LogP contribution in [0.1, 0.15) is 25.7 Å². The molecule has 0 radical (unpaired) electrons. The molecule has 1 aliphatic rings. The summed E-state index contributed by atoms with van der Waals surface area (Å²) in [6.45, 7) is 0. The number of hydrogen-bond donors (Lipinski definition) is 0. The maximum atomic E-state index is 12.1. The van der Waals surface area contributed by atoms with Gasteiger partial charge in [0.15, 0.2) is 0 Å². The first-order valence-corrected chi connectivity index (χ1v) is 8.46. The fourth-order valence-electron chi connectivity index (χ4n) is 1.74. The van der Waals surface area contributed by atoms with Crippen LogP contribution in [-0.2, 0) is 28.6 Å². The van der Waals surface area contributed by atoms with Crippen molar-refractivity contribution in [2.75, 3.05) is 0 Å². The highest BCUT2D eigenvalue weighted by atomic mass is 32.2. The fourth-order valence-corrected chi connectivity index (χ4v) is 3.03. The van der Waals surface area contributed by atoms with Crippen molar-refractivity contribution in [3.8, 4) is 0 Å². The molecule has 0 amide bonds. The van der Waals surface area contributed by atoms with Gasteiger partial charge in [-0.15, -0.1) is 0 Å². The Kier molecular flexibility index (Phi) is 5.42. The van der Waals surface area contributed by atoms with Crippen molar-refractivity contribution in [2.45, 2.75) is 48.9 Å². The molecule has 1 fully saturated rings. The molecule has 0 saturated heterocycles. The molecule has 132 valence electrons. The van der Waals surface area contributed by atoms with Gasteiger partial charge < -0.3 is 0 Å². The molecule has 1 rings (SSSR count). The molecule has 14 heteroatoms. The summed E-state index contributed by atoms with van der Waals surface area (Å²) in [6, 6.07) is 0. The zero-order chi connectivity index (χ0) is 17.4. The molecule has 0 aliphatic heterocycles. The van der Waals surface area contributed by atoms with Crippen molar-refractivity contribution in [3.63, 3.8) is 0 Å². The molecule has 0 aromatic rings. The molecule has 0 bridgehead atoms. The van der Waals surface area contributed by atoms with E-state index in [-0.39, 0.29) is 19.3 Å². The van der Waals surface area contributed by atoms with Crippen LogP contribution in [0.3, 0.4) is 0 Å². The Balaban J connectivity index is 2.75. The van der Waals surface area contributed by atoms with Gasteiger partial charge in [0.05, 0.1) is 12.2 Å². The third-order valence-electron chi connectivity index (χ3n) is 2.67. The number of halogens is 6. The number of rotatable bonds is 4. The number of alkyl halides is 6. The van der Waals surface area contributed by atoms with Crippen LogP contribution in [0.25, 0.3) is 0 Å². The molecular formula is C8H10F6O6S2. The van der Waals surface area contributed by atoms with Gasteiger partial charge in [-0.25, -0.2) is 0 Å². The highest BCUT2D eigenvalue weighted by molar-refractivity contribution is 7.87. The lowest BCUT2D eigenvalue weighted by molar-refractivity contribution is -0.0653. The van der Waals surface area contributed by atoms with E-state index in [0.29, 0.717) is 0 Å². The van der Waals surface area contributed by atoms with E-state index in [0.717, 1.165) is 0 Å². The normalized spacial score (nSPS) is 25.2. The summed E-state index contributed by atoms with van der Waals surface area (Å²) in [5, 5.41) is 0. The lowest BCUT2D eigenvalue weighted by Gasteiger charge is -2.28. The van der Waals surface area contributed by atoms with Crippen LogP contribution in [0.15, 0.2) is 0 Å². The van der Waals surface area contributed by atoms with Crippen molar-refractivity contribution in [2.24, 2.45) is 0 Å². The van der Waals surface area contributed by atoms with Crippen molar-refractivity contribution >= 4 is 20.2 Å². The lowest BCUT2D eigenvalue weighted by Crippen LogP contribution is -2.37.